The lowest BCUT2D eigenvalue weighted by molar-refractivity contribution is 0.892. The lowest BCUT2D eigenvalue weighted by Gasteiger charge is -1.99. The van der Waals surface area contributed by atoms with Crippen molar-refractivity contribution in [1.82, 2.24) is 9.97 Å². The van der Waals surface area contributed by atoms with Crippen molar-refractivity contribution in [3.8, 4) is 0 Å². The van der Waals surface area contributed by atoms with Gasteiger partial charge in [-0.2, -0.15) is 0 Å². The smallest absolute Gasteiger partial charge is 0.250 e. The summed E-state index contributed by atoms with van der Waals surface area (Å²) in [5.41, 5.74) is 2.01. The zero-order valence-corrected chi connectivity index (χ0v) is 8.31. The molecule has 2 rings (SSSR count). The van der Waals surface area contributed by atoms with Crippen molar-refractivity contribution in [2.24, 2.45) is 0 Å². The highest BCUT2D eigenvalue weighted by atomic mass is 16.1. The van der Waals surface area contributed by atoms with Crippen LogP contribution in [-0.2, 0) is 12.8 Å². The van der Waals surface area contributed by atoms with Crippen LogP contribution in [0.4, 0.5) is 0 Å². The molecule has 0 radical (unpaired) electrons. The normalized spacial score (nSPS) is 10.1. The molecule has 2 aromatic rings. The zero-order valence-electron chi connectivity index (χ0n) is 8.31. The molecule has 0 spiro atoms. The first-order chi connectivity index (χ1) is 7.34. The fraction of sp³-hybridized carbons (Fsp3) is 0.167. The predicted molar refractivity (Wildman–Crippen MR) is 58.7 cm³/mol. The standard InChI is InChI=1S/C12H12N2O/c15-12-8-11(13-9-14-12)7-6-10-4-2-1-3-5-10/h1-5,8-9H,6-7H2,(H,13,14,15). The summed E-state index contributed by atoms with van der Waals surface area (Å²) < 4.78 is 0. The molecule has 1 aromatic heterocycles. The van der Waals surface area contributed by atoms with Crippen molar-refractivity contribution >= 4 is 0 Å². The van der Waals surface area contributed by atoms with Crippen LogP contribution in [0.3, 0.4) is 0 Å². The van der Waals surface area contributed by atoms with Crippen LogP contribution < -0.4 is 5.56 Å². The van der Waals surface area contributed by atoms with Gasteiger partial charge in [0.1, 0.15) is 0 Å². The minimum Gasteiger partial charge on any atom is -0.313 e. The maximum Gasteiger partial charge on any atom is 0.250 e. The third-order valence-corrected chi connectivity index (χ3v) is 2.25. The van der Waals surface area contributed by atoms with Crippen LogP contribution in [0, 0.1) is 0 Å². The number of rotatable bonds is 3. The van der Waals surface area contributed by atoms with Gasteiger partial charge in [0.15, 0.2) is 0 Å². The van der Waals surface area contributed by atoms with Crippen LogP contribution in [0.25, 0.3) is 0 Å². The van der Waals surface area contributed by atoms with Gasteiger partial charge in [-0.3, -0.25) is 4.79 Å². The second kappa shape index (κ2) is 4.55. The molecular formula is C12H12N2O. The number of aromatic nitrogens is 2. The van der Waals surface area contributed by atoms with E-state index < -0.39 is 0 Å². The number of nitrogens with zero attached hydrogens (tertiary/aromatic N) is 1. The molecule has 15 heavy (non-hydrogen) atoms. The van der Waals surface area contributed by atoms with Gasteiger partial charge in [-0.15, -0.1) is 0 Å². The molecule has 0 unspecified atom stereocenters. The summed E-state index contributed by atoms with van der Waals surface area (Å²) in [7, 11) is 0. The number of benzene rings is 1. The molecule has 0 atom stereocenters. The van der Waals surface area contributed by atoms with Gasteiger partial charge in [-0.25, -0.2) is 4.98 Å². The Morgan fingerprint density at radius 2 is 1.93 bits per heavy atom. The minimum absolute atomic E-state index is 0.0898. The Labute approximate surface area is 87.8 Å². The predicted octanol–water partition coefficient (Wildman–Crippen LogP) is 1.56. The summed E-state index contributed by atoms with van der Waals surface area (Å²) >= 11 is 0. The Hall–Kier alpha value is -1.90. The van der Waals surface area contributed by atoms with E-state index >= 15 is 0 Å². The second-order valence-electron chi connectivity index (χ2n) is 3.39. The Kier molecular flexibility index (Phi) is 2.93. The SMILES string of the molecule is O=c1cc(CCc2ccccc2)nc[nH]1. The van der Waals surface area contributed by atoms with Crippen molar-refractivity contribution in [3.05, 3.63) is 64.3 Å². The number of nitrogens with one attached hydrogen (secondary N) is 1. The maximum absolute atomic E-state index is 11.0. The van der Waals surface area contributed by atoms with Crippen molar-refractivity contribution < 1.29 is 0 Å². The first-order valence-electron chi connectivity index (χ1n) is 4.92. The van der Waals surface area contributed by atoms with Crippen molar-refractivity contribution in [1.29, 1.82) is 0 Å². The zero-order chi connectivity index (χ0) is 10.5. The van der Waals surface area contributed by atoms with Gasteiger partial charge in [0.05, 0.1) is 6.33 Å². The molecule has 1 aromatic carbocycles. The highest BCUT2D eigenvalue weighted by Crippen LogP contribution is 2.03. The van der Waals surface area contributed by atoms with Crippen LogP contribution in [-0.4, -0.2) is 9.97 Å². The van der Waals surface area contributed by atoms with E-state index in [0.29, 0.717) is 0 Å². The van der Waals surface area contributed by atoms with Gasteiger partial charge < -0.3 is 4.98 Å². The summed E-state index contributed by atoms with van der Waals surface area (Å²) in [4.78, 5) is 17.6. The monoisotopic (exact) mass is 200 g/mol. The van der Waals surface area contributed by atoms with E-state index in [9.17, 15) is 4.79 Å². The van der Waals surface area contributed by atoms with Gasteiger partial charge in [0.2, 0.25) is 0 Å². The van der Waals surface area contributed by atoms with Gasteiger partial charge >= 0.3 is 0 Å². The molecule has 76 valence electrons. The Bertz CT molecular complexity index is 476. The second-order valence-corrected chi connectivity index (χ2v) is 3.39. The third kappa shape index (κ3) is 2.77. The van der Waals surface area contributed by atoms with E-state index in [1.165, 1.54) is 11.9 Å². The molecule has 0 amide bonds. The number of hydrogen-bond donors (Lipinski definition) is 1. The molecule has 0 fully saturated rings. The molecular weight excluding hydrogens is 188 g/mol. The summed E-state index contributed by atoms with van der Waals surface area (Å²) in [5.74, 6) is 0. The highest BCUT2D eigenvalue weighted by molar-refractivity contribution is 5.16. The Balaban J connectivity index is 2.02. The first-order valence-corrected chi connectivity index (χ1v) is 4.92. The lowest BCUT2D eigenvalue weighted by Crippen LogP contribution is -2.07. The van der Waals surface area contributed by atoms with Crippen molar-refractivity contribution in [3.63, 3.8) is 0 Å². The third-order valence-electron chi connectivity index (χ3n) is 2.25. The quantitative estimate of drug-likeness (QED) is 0.817. The molecule has 0 bridgehead atoms. The molecule has 3 heteroatoms. The number of aryl methyl sites for hydroxylation is 2. The number of H-pyrrole nitrogens is 1. The molecule has 3 nitrogen and oxygen atoms in total. The largest absolute Gasteiger partial charge is 0.313 e. The fourth-order valence-corrected chi connectivity index (χ4v) is 1.46. The lowest BCUT2D eigenvalue weighted by atomic mass is 10.1. The summed E-state index contributed by atoms with van der Waals surface area (Å²) in [6.45, 7) is 0. The molecule has 1 heterocycles. The van der Waals surface area contributed by atoms with E-state index in [0.717, 1.165) is 18.5 Å². The van der Waals surface area contributed by atoms with Gasteiger partial charge in [-0.05, 0) is 18.4 Å². The molecule has 0 aliphatic carbocycles. The fourth-order valence-electron chi connectivity index (χ4n) is 1.46. The van der Waals surface area contributed by atoms with E-state index in [-0.39, 0.29) is 5.56 Å². The Morgan fingerprint density at radius 1 is 1.13 bits per heavy atom. The van der Waals surface area contributed by atoms with E-state index in [1.807, 2.05) is 18.2 Å². The minimum atomic E-state index is -0.0898. The summed E-state index contributed by atoms with van der Waals surface area (Å²) in [6, 6.07) is 11.7. The first kappa shape index (κ1) is 9.65. The van der Waals surface area contributed by atoms with Crippen LogP contribution in [0.5, 0.6) is 0 Å². The average Bonchev–Trinajstić information content (AvgIpc) is 2.28. The van der Waals surface area contributed by atoms with Crippen LogP contribution in [0.1, 0.15) is 11.3 Å². The van der Waals surface area contributed by atoms with Crippen molar-refractivity contribution in [2.45, 2.75) is 12.8 Å². The molecule has 0 aliphatic heterocycles. The molecule has 0 saturated carbocycles. The summed E-state index contributed by atoms with van der Waals surface area (Å²) in [6.07, 6.45) is 3.16. The van der Waals surface area contributed by atoms with Gasteiger partial charge in [0, 0.05) is 11.8 Å². The van der Waals surface area contributed by atoms with Crippen LogP contribution >= 0.6 is 0 Å². The van der Waals surface area contributed by atoms with Crippen molar-refractivity contribution in [2.75, 3.05) is 0 Å². The number of hydrogen-bond acceptors (Lipinski definition) is 2. The number of aromatic amines is 1. The van der Waals surface area contributed by atoms with E-state index in [4.69, 9.17) is 0 Å². The molecule has 1 N–H and O–H groups in total. The highest BCUT2D eigenvalue weighted by Gasteiger charge is 1.96. The topological polar surface area (TPSA) is 45.8 Å². The van der Waals surface area contributed by atoms with E-state index in [2.05, 4.69) is 22.1 Å². The molecule has 0 saturated heterocycles. The van der Waals surface area contributed by atoms with Crippen LogP contribution in [0.2, 0.25) is 0 Å². The maximum atomic E-state index is 11.0. The average molecular weight is 200 g/mol. The Morgan fingerprint density at radius 3 is 2.67 bits per heavy atom. The van der Waals surface area contributed by atoms with E-state index in [1.54, 1.807) is 6.07 Å². The van der Waals surface area contributed by atoms with Gasteiger partial charge in [-0.1, -0.05) is 30.3 Å². The molecule has 0 aliphatic rings. The summed E-state index contributed by atoms with van der Waals surface area (Å²) in [5, 5.41) is 0. The van der Waals surface area contributed by atoms with Gasteiger partial charge in [0.25, 0.3) is 5.56 Å². The van der Waals surface area contributed by atoms with Crippen LogP contribution in [0.15, 0.2) is 47.5 Å².